The molecule has 0 amide bonds. The summed E-state index contributed by atoms with van der Waals surface area (Å²) in [6.07, 6.45) is 1.95. The lowest BCUT2D eigenvalue weighted by Gasteiger charge is -2.41. The molecule has 0 bridgehead atoms. The van der Waals surface area contributed by atoms with Crippen LogP contribution < -0.4 is 10.6 Å². The number of aryl methyl sites for hydroxylation is 1. The minimum atomic E-state index is 0.217. The molecule has 0 aromatic carbocycles. The van der Waals surface area contributed by atoms with Crippen molar-refractivity contribution in [2.24, 2.45) is 0 Å². The average molecular weight is 268 g/mol. The van der Waals surface area contributed by atoms with Crippen LogP contribution in [0.5, 0.6) is 0 Å². The maximum absolute atomic E-state index is 4.38. The Hall–Kier alpha value is -0.490. The van der Waals surface area contributed by atoms with Gasteiger partial charge in [-0.1, -0.05) is 0 Å². The molecule has 1 saturated heterocycles. The third-order valence-corrected chi connectivity index (χ3v) is 4.39. The van der Waals surface area contributed by atoms with Crippen molar-refractivity contribution in [1.82, 2.24) is 20.5 Å². The molecule has 1 aliphatic rings. The first-order valence-electron chi connectivity index (χ1n) is 6.66. The Morgan fingerprint density at radius 3 is 2.78 bits per heavy atom. The van der Waals surface area contributed by atoms with Crippen LogP contribution in [0, 0.1) is 6.92 Å². The van der Waals surface area contributed by atoms with Crippen molar-refractivity contribution >= 4 is 11.3 Å². The first-order chi connectivity index (χ1) is 8.58. The quantitative estimate of drug-likeness (QED) is 0.842. The van der Waals surface area contributed by atoms with Gasteiger partial charge in [-0.25, -0.2) is 4.98 Å². The van der Waals surface area contributed by atoms with E-state index in [-0.39, 0.29) is 5.54 Å². The zero-order valence-electron chi connectivity index (χ0n) is 11.6. The zero-order chi connectivity index (χ0) is 13.0. The molecule has 2 heterocycles. The molecule has 1 fully saturated rings. The Bertz CT molecular complexity index is 369. The van der Waals surface area contributed by atoms with Crippen molar-refractivity contribution in [2.45, 2.75) is 32.9 Å². The molecule has 0 spiro atoms. The summed E-state index contributed by atoms with van der Waals surface area (Å²) in [5.74, 6) is 0. The van der Waals surface area contributed by atoms with Gasteiger partial charge < -0.3 is 10.6 Å². The molecule has 102 valence electrons. The minimum absolute atomic E-state index is 0.217. The Morgan fingerprint density at radius 2 is 2.17 bits per heavy atom. The van der Waals surface area contributed by atoms with Gasteiger partial charge >= 0.3 is 0 Å². The SMILES string of the molecule is Cc1cnc(CNCC(C)(C)N2CCNCC2)s1. The van der Waals surface area contributed by atoms with E-state index in [1.807, 2.05) is 6.20 Å². The van der Waals surface area contributed by atoms with Gasteiger partial charge in [-0.3, -0.25) is 4.90 Å². The first-order valence-corrected chi connectivity index (χ1v) is 7.47. The van der Waals surface area contributed by atoms with E-state index in [0.29, 0.717) is 0 Å². The molecule has 1 aliphatic heterocycles. The van der Waals surface area contributed by atoms with Crippen molar-refractivity contribution in [2.75, 3.05) is 32.7 Å². The fourth-order valence-corrected chi connectivity index (χ4v) is 3.10. The van der Waals surface area contributed by atoms with Crippen LogP contribution in [0.25, 0.3) is 0 Å². The molecule has 0 saturated carbocycles. The highest BCUT2D eigenvalue weighted by molar-refractivity contribution is 7.11. The smallest absolute Gasteiger partial charge is 0.107 e. The Labute approximate surface area is 114 Å². The second-order valence-corrected chi connectivity index (χ2v) is 6.84. The van der Waals surface area contributed by atoms with Crippen LogP contribution in [-0.4, -0.2) is 48.1 Å². The standard InChI is InChI=1S/C13H24N4S/c1-11-8-16-12(18-11)9-15-10-13(2,3)17-6-4-14-5-7-17/h8,14-15H,4-7,9-10H2,1-3H3. The summed E-state index contributed by atoms with van der Waals surface area (Å²) in [6.45, 7) is 13.1. The topological polar surface area (TPSA) is 40.2 Å². The molecule has 18 heavy (non-hydrogen) atoms. The van der Waals surface area contributed by atoms with E-state index in [9.17, 15) is 0 Å². The van der Waals surface area contributed by atoms with Gasteiger partial charge in [0.05, 0.1) is 0 Å². The molecule has 2 rings (SSSR count). The molecular weight excluding hydrogens is 244 g/mol. The molecule has 1 aromatic heterocycles. The lowest BCUT2D eigenvalue weighted by Crippen LogP contribution is -2.57. The van der Waals surface area contributed by atoms with E-state index >= 15 is 0 Å². The third kappa shape index (κ3) is 3.75. The average Bonchev–Trinajstić information content (AvgIpc) is 2.76. The maximum Gasteiger partial charge on any atom is 0.107 e. The Morgan fingerprint density at radius 1 is 1.44 bits per heavy atom. The fourth-order valence-electron chi connectivity index (χ4n) is 2.34. The number of rotatable bonds is 5. The van der Waals surface area contributed by atoms with E-state index in [0.717, 1.165) is 39.3 Å². The van der Waals surface area contributed by atoms with Gasteiger partial charge in [-0.05, 0) is 20.8 Å². The second kappa shape index (κ2) is 6.10. The van der Waals surface area contributed by atoms with Crippen LogP contribution in [-0.2, 0) is 6.54 Å². The Balaban J connectivity index is 1.77. The zero-order valence-corrected chi connectivity index (χ0v) is 12.4. The van der Waals surface area contributed by atoms with Crippen LogP contribution in [0.1, 0.15) is 23.7 Å². The van der Waals surface area contributed by atoms with Crippen LogP contribution in [0.4, 0.5) is 0 Å². The number of thiazole rings is 1. The number of piperazine rings is 1. The lowest BCUT2D eigenvalue weighted by molar-refractivity contribution is 0.102. The van der Waals surface area contributed by atoms with Gasteiger partial charge in [0.1, 0.15) is 5.01 Å². The van der Waals surface area contributed by atoms with Crippen LogP contribution in [0.15, 0.2) is 6.20 Å². The number of nitrogens with one attached hydrogen (secondary N) is 2. The molecule has 0 aliphatic carbocycles. The summed E-state index contributed by atoms with van der Waals surface area (Å²) >= 11 is 1.78. The predicted molar refractivity (Wildman–Crippen MR) is 77.1 cm³/mol. The Kier molecular flexibility index (Phi) is 4.72. The molecule has 0 radical (unpaired) electrons. The van der Waals surface area contributed by atoms with Gasteiger partial charge in [-0.15, -0.1) is 11.3 Å². The monoisotopic (exact) mass is 268 g/mol. The van der Waals surface area contributed by atoms with E-state index < -0.39 is 0 Å². The molecule has 4 nitrogen and oxygen atoms in total. The molecular formula is C13H24N4S. The minimum Gasteiger partial charge on any atom is -0.314 e. The third-order valence-electron chi connectivity index (χ3n) is 3.48. The van der Waals surface area contributed by atoms with Crippen molar-refractivity contribution < 1.29 is 0 Å². The molecule has 5 heteroatoms. The first kappa shape index (κ1) is 13.9. The van der Waals surface area contributed by atoms with E-state index in [1.165, 1.54) is 9.88 Å². The van der Waals surface area contributed by atoms with Gasteiger partial charge in [0.25, 0.3) is 0 Å². The van der Waals surface area contributed by atoms with Crippen molar-refractivity contribution in [1.29, 1.82) is 0 Å². The summed E-state index contributed by atoms with van der Waals surface area (Å²) in [6, 6.07) is 0. The normalized spacial score (nSPS) is 18.2. The second-order valence-electron chi connectivity index (χ2n) is 5.52. The lowest BCUT2D eigenvalue weighted by atomic mass is 10.0. The maximum atomic E-state index is 4.38. The molecule has 0 atom stereocenters. The van der Waals surface area contributed by atoms with Crippen molar-refractivity contribution in [3.8, 4) is 0 Å². The van der Waals surface area contributed by atoms with Crippen LogP contribution in [0.3, 0.4) is 0 Å². The fraction of sp³-hybridized carbons (Fsp3) is 0.769. The highest BCUT2D eigenvalue weighted by Gasteiger charge is 2.27. The van der Waals surface area contributed by atoms with Crippen molar-refractivity contribution in [3.05, 3.63) is 16.1 Å². The van der Waals surface area contributed by atoms with Gasteiger partial charge in [0, 0.05) is 55.9 Å². The van der Waals surface area contributed by atoms with Gasteiger partial charge in [0.15, 0.2) is 0 Å². The predicted octanol–water partition coefficient (Wildman–Crippen LogP) is 1.22. The summed E-state index contributed by atoms with van der Waals surface area (Å²) in [4.78, 5) is 8.22. The number of hydrogen-bond acceptors (Lipinski definition) is 5. The van der Waals surface area contributed by atoms with Gasteiger partial charge in [-0.2, -0.15) is 0 Å². The summed E-state index contributed by atoms with van der Waals surface area (Å²) in [5.41, 5.74) is 0.217. The summed E-state index contributed by atoms with van der Waals surface area (Å²) < 4.78 is 0. The van der Waals surface area contributed by atoms with Gasteiger partial charge in [0.2, 0.25) is 0 Å². The number of aromatic nitrogens is 1. The summed E-state index contributed by atoms with van der Waals surface area (Å²) in [5, 5.41) is 8.12. The van der Waals surface area contributed by atoms with E-state index in [1.54, 1.807) is 11.3 Å². The number of nitrogens with zero attached hydrogens (tertiary/aromatic N) is 2. The summed E-state index contributed by atoms with van der Waals surface area (Å²) in [7, 11) is 0. The molecule has 2 N–H and O–H groups in total. The number of hydrogen-bond donors (Lipinski definition) is 2. The highest BCUT2D eigenvalue weighted by Crippen LogP contribution is 2.15. The van der Waals surface area contributed by atoms with Crippen molar-refractivity contribution in [3.63, 3.8) is 0 Å². The largest absolute Gasteiger partial charge is 0.314 e. The highest BCUT2D eigenvalue weighted by atomic mass is 32.1. The molecule has 1 aromatic rings. The molecule has 0 unspecified atom stereocenters. The van der Waals surface area contributed by atoms with E-state index in [2.05, 4.69) is 41.3 Å². The van der Waals surface area contributed by atoms with Crippen LogP contribution >= 0.6 is 11.3 Å². The van der Waals surface area contributed by atoms with E-state index in [4.69, 9.17) is 0 Å². The van der Waals surface area contributed by atoms with Crippen LogP contribution in [0.2, 0.25) is 0 Å².